The molecule has 18 heavy (non-hydrogen) atoms. The number of benzene rings is 1. The second-order valence-electron chi connectivity index (χ2n) is 3.72. The lowest BCUT2D eigenvalue weighted by Crippen LogP contribution is -2.10. The SMILES string of the molecule is Cn1[nH]c(=O)nc1SCc1ccc(C(N)=O)cc1. The standard InChI is InChI=1S/C11H12N4O2S/c1-15-11(13-10(17)14-15)18-6-7-2-4-8(5-3-7)9(12)16/h2-5H,6H2,1H3,(H2,12,16)(H,14,17). The molecule has 0 atom stereocenters. The van der Waals surface area contributed by atoms with Crippen LogP contribution in [0.5, 0.6) is 0 Å². The summed E-state index contributed by atoms with van der Waals surface area (Å²) < 4.78 is 1.57. The summed E-state index contributed by atoms with van der Waals surface area (Å²) in [6.45, 7) is 0. The van der Waals surface area contributed by atoms with Crippen LogP contribution in [0.2, 0.25) is 0 Å². The lowest BCUT2D eigenvalue weighted by Gasteiger charge is -2.02. The Morgan fingerprint density at radius 3 is 2.61 bits per heavy atom. The molecule has 6 nitrogen and oxygen atoms in total. The van der Waals surface area contributed by atoms with Crippen molar-refractivity contribution in [3.8, 4) is 0 Å². The van der Waals surface area contributed by atoms with E-state index in [-0.39, 0.29) is 5.69 Å². The molecule has 0 aliphatic heterocycles. The number of hydrogen-bond donors (Lipinski definition) is 2. The topological polar surface area (TPSA) is 93.8 Å². The van der Waals surface area contributed by atoms with Gasteiger partial charge in [-0.2, -0.15) is 4.98 Å². The normalized spacial score (nSPS) is 10.5. The molecule has 0 aliphatic rings. The van der Waals surface area contributed by atoms with Gasteiger partial charge in [0.05, 0.1) is 0 Å². The van der Waals surface area contributed by atoms with Crippen molar-refractivity contribution in [3.63, 3.8) is 0 Å². The fourth-order valence-electron chi connectivity index (χ4n) is 1.42. The second-order valence-corrected chi connectivity index (χ2v) is 4.66. The fraction of sp³-hybridized carbons (Fsp3) is 0.182. The molecule has 0 unspecified atom stereocenters. The second kappa shape index (κ2) is 5.09. The Kier molecular flexibility index (Phi) is 3.52. The Balaban J connectivity index is 2.04. The molecule has 0 saturated carbocycles. The van der Waals surface area contributed by atoms with E-state index in [1.54, 1.807) is 23.9 Å². The number of primary amides is 1. The summed E-state index contributed by atoms with van der Waals surface area (Å²) in [6, 6.07) is 7.03. The van der Waals surface area contributed by atoms with Gasteiger partial charge in [-0.15, -0.1) is 0 Å². The minimum Gasteiger partial charge on any atom is -0.366 e. The maximum atomic E-state index is 11.0. The molecule has 1 aromatic carbocycles. The van der Waals surface area contributed by atoms with Crippen molar-refractivity contribution in [1.82, 2.24) is 14.8 Å². The van der Waals surface area contributed by atoms with Crippen molar-refractivity contribution < 1.29 is 4.79 Å². The van der Waals surface area contributed by atoms with Gasteiger partial charge in [-0.05, 0) is 17.7 Å². The van der Waals surface area contributed by atoms with Gasteiger partial charge in [-0.1, -0.05) is 23.9 Å². The first-order chi connectivity index (χ1) is 8.56. The summed E-state index contributed by atoms with van der Waals surface area (Å²) in [6.07, 6.45) is 0. The van der Waals surface area contributed by atoms with Gasteiger partial charge < -0.3 is 5.73 Å². The van der Waals surface area contributed by atoms with Crippen LogP contribution in [0.4, 0.5) is 0 Å². The minimum absolute atomic E-state index is 0.357. The number of amides is 1. The van der Waals surface area contributed by atoms with Gasteiger partial charge in [-0.3, -0.25) is 9.48 Å². The zero-order valence-corrected chi connectivity index (χ0v) is 10.5. The van der Waals surface area contributed by atoms with Crippen molar-refractivity contribution in [1.29, 1.82) is 0 Å². The number of hydrogen-bond acceptors (Lipinski definition) is 4. The number of aryl methyl sites for hydroxylation is 1. The first-order valence-corrected chi connectivity index (χ1v) is 6.19. The third-order valence-corrected chi connectivity index (χ3v) is 3.45. The van der Waals surface area contributed by atoms with Crippen molar-refractivity contribution in [3.05, 3.63) is 45.9 Å². The lowest BCUT2D eigenvalue weighted by atomic mass is 10.1. The number of carbonyl (C=O) groups is 1. The van der Waals surface area contributed by atoms with Gasteiger partial charge in [0, 0.05) is 18.4 Å². The van der Waals surface area contributed by atoms with Crippen LogP contribution in [0, 0.1) is 0 Å². The first kappa shape index (κ1) is 12.4. The molecule has 7 heteroatoms. The zero-order valence-electron chi connectivity index (χ0n) is 9.71. The number of nitrogens with zero attached hydrogens (tertiary/aromatic N) is 2. The quantitative estimate of drug-likeness (QED) is 0.786. The van der Waals surface area contributed by atoms with E-state index in [1.807, 2.05) is 12.1 Å². The van der Waals surface area contributed by atoms with Crippen LogP contribution >= 0.6 is 11.8 Å². The molecule has 1 heterocycles. The molecule has 0 radical (unpaired) electrons. The fourth-order valence-corrected chi connectivity index (χ4v) is 2.30. The maximum absolute atomic E-state index is 11.0. The van der Waals surface area contributed by atoms with Crippen LogP contribution in [0.1, 0.15) is 15.9 Å². The third kappa shape index (κ3) is 2.80. The van der Waals surface area contributed by atoms with E-state index in [0.29, 0.717) is 16.5 Å². The molecule has 0 bridgehead atoms. The molecule has 0 saturated heterocycles. The zero-order chi connectivity index (χ0) is 13.1. The molecule has 1 aromatic heterocycles. The molecule has 0 fully saturated rings. The Hall–Kier alpha value is -2.02. The van der Waals surface area contributed by atoms with Gasteiger partial charge in [-0.25, -0.2) is 9.89 Å². The highest BCUT2D eigenvalue weighted by atomic mass is 32.2. The summed E-state index contributed by atoms with van der Waals surface area (Å²) in [7, 11) is 1.73. The smallest absolute Gasteiger partial charge is 0.362 e. The van der Waals surface area contributed by atoms with Crippen LogP contribution in [-0.4, -0.2) is 20.7 Å². The minimum atomic E-state index is -0.441. The van der Waals surface area contributed by atoms with Crippen molar-refractivity contribution in [2.45, 2.75) is 10.9 Å². The van der Waals surface area contributed by atoms with Crippen LogP contribution in [-0.2, 0) is 12.8 Å². The average Bonchev–Trinajstić information content (AvgIpc) is 2.66. The van der Waals surface area contributed by atoms with Crippen molar-refractivity contribution in [2.75, 3.05) is 0 Å². The Morgan fingerprint density at radius 2 is 2.11 bits per heavy atom. The summed E-state index contributed by atoms with van der Waals surface area (Å²) in [5.74, 6) is 0.223. The van der Waals surface area contributed by atoms with Gasteiger partial charge in [0.2, 0.25) is 5.91 Å². The number of rotatable bonds is 4. The molecule has 0 spiro atoms. The number of nitrogens with two attached hydrogens (primary N) is 1. The lowest BCUT2D eigenvalue weighted by molar-refractivity contribution is 0.100. The third-order valence-electron chi connectivity index (χ3n) is 2.35. The predicted octanol–water partition coefficient (Wildman–Crippen LogP) is 0.500. The summed E-state index contributed by atoms with van der Waals surface area (Å²) in [5.41, 5.74) is 6.31. The molecule has 1 amide bonds. The van der Waals surface area contributed by atoms with Gasteiger partial charge in [0.1, 0.15) is 0 Å². The van der Waals surface area contributed by atoms with Gasteiger partial charge >= 0.3 is 5.69 Å². The molecule has 2 aromatic rings. The number of aromatic nitrogens is 3. The summed E-state index contributed by atoms with van der Waals surface area (Å²) >= 11 is 1.44. The highest BCUT2D eigenvalue weighted by molar-refractivity contribution is 7.98. The molecule has 94 valence electrons. The Labute approximate surface area is 107 Å². The highest BCUT2D eigenvalue weighted by Gasteiger charge is 2.05. The maximum Gasteiger partial charge on any atom is 0.362 e. The van der Waals surface area contributed by atoms with Crippen molar-refractivity contribution in [2.24, 2.45) is 12.8 Å². The van der Waals surface area contributed by atoms with Gasteiger partial charge in [0.15, 0.2) is 5.16 Å². The predicted molar refractivity (Wildman–Crippen MR) is 68.3 cm³/mol. The van der Waals surface area contributed by atoms with Gasteiger partial charge in [0.25, 0.3) is 0 Å². The van der Waals surface area contributed by atoms with E-state index >= 15 is 0 Å². The number of nitrogens with one attached hydrogen (secondary N) is 1. The Morgan fingerprint density at radius 1 is 1.44 bits per heavy atom. The molecule has 0 aliphatic carbocycles. The molecular formula is C11H12N4O2S. The van der Waals surface area contributed by atoms with E-state index in [1.165, 1.54) is 11.8 Å². The van der Waals surface area contributed by atoms with E-state index in [2.05, 4.69) is 10.1 Å². The number of aromatic amines is 1. The van der Waals surface area contributed by atoms with Crippen molar-refractivity contribution >= 4 is 17.7 Å². The van der Waals surface area contributed by atoms with E-state index in [9.17, 15) is 9.59 Å². The molecular weight excluding hydrogens is 252 g/mol. The highest BCUT2D eigenvalue weighted by Crippen LogP contribution is 2.19. The average molecular weight is 264 g/mol. The van der Waals surface area contributed by atoms with E-state index in [4.69, 9.17) is 5.73 Å². The van der Waals surface area contributed by atoms with E-state index < -0.39 is 5.91 Å². The monoisotopic (exact) mass is 264 g/mol. The summed E-state index contributed by atoms with van der Waals surface area (Å²) in [4.78, 5) is 25.7. The van der Waals surface area contributed by atoms with Crippen LogP contribution in [0.15, 0.2) is 34.2 Å². The van der Waals surface area contributed by atoms with Crippen LogP contribution in [0.25, 0.3) is 0 Å². The number of carbonyl (C=O) groups excluding carboxylic acids is 1. The largest absolute Gasteiger partial charge is 0.366 e. The number of thioether (sulfide) groups is 1. The molecule has 2 rings (SSSR count). The first-order valence-electron chi connectivity index (χ1n) is 5.21. The van der Waals surface area contributed by atoms with Crippen LogP contribution < -0.4 is 11.4 Å². The van der Waals surface area contributed by atoms with Crippen LogP contribution in [0.3, 0.4) is 0 Å². The summed E-state index contributed by atoms with van der Waals surface area (Å²) in [5, 5.41) is 3.16. The molecule has 3 N–H and O–H groups in total. The van der Waals surface area contributed by atoms with E-state index in [0.717, 1.165) is 5.56 Å². The number of H-pyrrole nitrogens is 1. The Bertz CT molecular complexity index is 615.